The van der Waals surface area contributed by atoms with Gasteiger partial charge >= 0.3 is 12.1 Å². The van der Waals surface area contributed by atoms with Gasteiger partial charge in [0.05, 0.1) is 29.0 Å². The standard InChI is InChI=1S/C45H68N6O10S/c1-26-21-30-37(48-20-13-9-12-19-47-36(53)18-11-10-17-35-45(6)44(5,25-62-35)50-43(58)51-45)32(52)24-31(39(30)55)49-41(56)27(2)15-14-16-33(59-7)40(61-42(46)57)29(4)23-28(3)38(54)34(22-26)60-8/h14-16,20,23-24,26,28,33-35,38,40,52,54-55H,9-13,17-19,21-22,25H2,1-8H3,(H2,46,57)(H,47,53)(H,49,56)(H2,50,51,58)/t26-,28+,33+,34+,35?,38-,40+,44?,45?/m1/s1. The van der Waals surface area contributed by atoms with E-state index in [1.54, 1.807) is 38.3 Å². The van der Waals surface area contributed by atoms with Gasteiger partial charge in [0, 0.05) is 67.5 Å². The Morgan fingerprint density at radius 1 is 1.08 bits per heavy atom. The van der Waals surface area contributed by atoms with Gasteiger partial charge in [-0.15, -0.1) is 0 Å². The molecule has 344 valence electrons. The molecule has 2 bridgehead atoms. The van der Waals surface area contributed by atoms with E-state index in [1.807, 2.05) is 25.6 Å². The number of methoxy groups -OCH3 is 2. The number of carbonyl (C=O) groups is 4. The zero-order chi connectivity index (χ0) is 45.8. The average Bonchev–Trinajstić information content (AvgIpc) is 3.59. The average molecular weight is 885 g/mol. The van der Waals surface area contributed by atoms with Crippen LogP contribution < -0.4 is 27.0 Å². The minimum atomic E-state index is -1.01. The first-order valence-corrected chi connectivity index (χ1v) is 22.5. The Morgan fingerprint density at radius 3 is 2.52 bits per heavy atom. The Balaban J connectivity index is 1.41. The van der Waals surface area contributed by atoms with E-state index in [2.05, 4.69) is 40.1 Å². The number of hydrogen-bond donors (Lipinski definition) is 8. The number of allylic oxidation sites excluding steroid dienone is 2. The van der Waals surface area contributed by atoms with Crippen LogP contribution in [0.15, 0.2) is 46.5 Å². The van der Waals surface area contributed by atoms with Crippen LogP contribution >= 0.6 is 11.8 Å². The van der Waals surface area contributed by atoms with Gasteiger partial charge in [-0.25, -0.2) is 9.59 Å². The maximum atomic E-state index is 13.3. The Hall–Kier alpha value is -4.58. The van der Waals surface area contributed by atoms with Gasteiger partial charge in [-0.05, 0) is 84.1 Å². The minimum absolute atomic E-state index is 0.00396. The molecule has 0 radical (unpaired) electrons. The van der Waals surface area contributed by atoms with Gasteiger partial charge in [0.15, 0.2) is 6.10 Å². The van der Waals surface area contributed by atoms with Gasteiger partial charge in [-0.2, -0.15) is 11.8 Å². The van der Waals surface area contributed by atoms with Crippen LogP contribution in [0.4, 0.5) is 21.0 Å². The van der Waals surface area contributed by atoms with Crippen LogP contribution in [0, 0.1) is 11.8 Å². The smallest absolute Gasteiger partial charge is 0.405 e. The van der Waals surface area contributed by atoms with Crippen molar-refractivity contribution in [3.8, 4) is 11.5 Å². The summed E-state index contributed by atoms with van der Waals surface area (Å²) < 4.78 is 16.8. The second kappa shape index (κ2) is 22.7. The summed E-state index contributed by atoms with van der Waals surface area (Å²) in [6.07, 6.45) is 9.34. The van der Waals surface area contributed by atoms with Crippen LogP contribution in [0.2, 0.25) is 0 Å². The van der Waals surface area contributed by atoms with Crippen LogP contribution in [0.3, 0.4) is 0 Å². The van der Waals surface area contributed by atoms with Gasteiger partial charge < -0.3 is 56.5 Å². The fourth-order valence-electron chi connectivity index (χ4n) is 8.40. The fraction of sp³-hybridized carbons (Fsp3) is 0.622. The molecule has 0 aromatic heterocycles. The molecule has 0 aliphatic carbocycles. The molecule has 62 heavy (non-hydrogen) atoms. The van der Waals surface area contributed by atoms with Crippen molar-refractivity contribution in [3.05, 3.63) is 47.1 Å². The molecule has 4 rings (SSSR count). The summed E-state index contributed by atoms with van der Waals surface area (Å²) in [7, 11) is 2.94. The number of rotatable bonds is 14. The maximum absolute atomic E-state index is 13.3. The molecule has 9 N–H and O–H groups in total. The number of thioether (sulfide) groups is 1. The lowest BCUT2D eigenvalue weighted by molar-refractivity contribution is -0.121. The first-order valence-electron chi connectivity index (χ1n) is 21.5. The first kappa shape index (κ1) is 50.1. The van der Waals surface area contributed by atoms with Crippen LogP contribution in [0.25, 0.3) is 0 Å². The van der Waals surface area contributed by atoms with E-state index in [0.29, 0.717) is 55.0 Å². The van der Waals surface area contributed by atoms with Crippen molar-refractivity contribution >= 4 is 53.3 Å². The Labute approximate surface area is 370 Å². The zero-order valence-corrected chi connectivity index (χ0v) is 38.2. The summed E-state index contributed by atoms with van der Waals surface area (Å²) in [6.45, 7) is 11.8. The molecule has 16 nitrogen and oxygen atoms in total. The predicted octanol–water partition coefficient (Wildman–Crippen LogP) is 6.05. The highest BCUT2D eigenvalue weighted by Gasteiger charge is 2.60. The molecule has 0 spiro atoms. The molecule has 5 amide bonds. The summed E-state index contributed by atoms with van der Waals surface area (Å²) in [6, 6.07) is 1.14. The van der Waals surface area contributed by atoms with Gasteiger partial charge in [0.1, 0.15) is 23.3 Å². The van der Waals surface area contributed by atoms with Crippen molar-refractivity contribution in [1.82, 2.24) is 16.0 Å². The third kappa shape index (κ3) is 12.8. The van der Waals surface area contributed by atoms with Crippen molar-refractivity contribution < 1.29 is 48.7 Å². The minimum Gasteiger partial charge on any atom is -0.506 e. The number of nitrogens with one attached hydrogen (secondary N) is 4. The number of fused-ring (bicyclic) bond motifs is 3. The van der Waals surface area contributed by atoms with E-state index in [4.69, 9.17) is 19.9 Å². The van der Waals surface area contributed by atoms with Gasteiger partial charge in [-0.1, -0.05) is 44.6 Å². The van der Waals surface area contributed by atoms with E-state index >= 15 is 0 Å². The number of aliphatic hydroxyl groups is 1. The highest BCUT2D eigenvalue weighted by Crippen LogP contribution is 2.47. The molecule has 1 aromatic rings. The Morgan fingerprint density at radius 2 is 1.82 bits per heavy atom. The van der Waals surface area contributed by atoms with E-state index in [9.17, 15) is 34.5 Å². The summed E-state index contributed by atoms with van der Waals surface area (Å²) in [5.41, 5.74) is 6.16. The molecule has 1 aromatic carbocycles. The number of phenols is 2. The molecule has 0 saturated carbocycles. The number of benzene rings is 1. The number of nitrogens with zero attached hydrogens (tertiary/aromatic N) is 1. The number of amides is 5. The largest absolute Gasteiger partial charge is 0.506 e. The third-order valence-electron chi connectivity index (χ3n) is 12.4. The van der Waals surface area contributed by atoms with E-state index in [-0.39, 0.29) is 63.8 Å². The number of phenolic OH excluding ortho intramolecular Hbond substituents is 2. The number of carbonyl (C=O) groups excluding carboxylic acids is 4. The molecule has 2 fully saturated rings. The molecule has 3 heterocycles. The van der Waals surface area contributed by atoms with E-state index < -0.39 is 42.3 Å². The number of hydrogen-bond acceptors (Lipinski definition) is 12. The number of urea groups is 1. The first-order chi connectivity index (χ1) is 29.3. The van der Waals surface area contributed by atoms with Crippen molar-refractivity contribution in [2.75, 3.05) is 31.8 Å². The van der Waals surface area contributed by atoms with Crippen molar-refractivity contribution in [3.63, 3.8) is 0 Å². The summed E-state index contributed by atoms with van der Waals surface area (Å²) in [5, 5.41) is 46.5. The van der Waals surface area contributed by atoms with Gasteiger partial charge in [-0.3, -0.25) is 14.6 Å². The number of anilines is 1. The Kier molecular flexibility index (Phi) is 18.3. The van der Waals surface area contributed by atoms with Crippen LogP contribution in [-0.4, -0.2) is 113 Å². The topological polar surface area (TPSA) is 243 Å². The number of nitrogens with two attached hydrogens (primary N) is 1. The number of aliphatic hydroxyl groups excluding tert-OH is 1. The number of primary amides is 1. The molecule has 3 aliphatic rings. The number of aliphatic imine (C=N–C) groups is 1. The van der Waals surface area contributed by atoms with Crippen molar-refractivity contribution in [2.45, 2.75) is 140 Å². The van der Waals surface area contributed by atoms with E-state index in [1.165, 1.54) is 26.4 Å². The number of aromatic hydroxyl groups is 2. The predicted molar refractivity (Wildman–Crippen MR) is 242 cm³/mol. The molecule has 9 atom stereocenters. The second-order valence-corrected chi connectivity index (χ2v) is 18.5. The third-order valence-corrected chi connectivity index (χ3v) is 14.2. The Bertz CT molecular complexity index is 1890. The molecule has 3 aliphatic heterocycles. The summed E-state index contributed by atoms with van der Waals surface area (Å²) in [4.78, 5) is 54.3. The normalized spacial score (nSPS) is 29.6. The van der Waals surface area contributed by atoms with Gasteiger partial charge in [0.25, 0.3) is 5.91 Å². The lowest BCUT2D eigenvalue weighted by Gasteiger charge is -2.35. The molecular formula is C45H68N6O10S. The SMILES string of the molecule is CO[C@H]1C=CC=C(C)C(=O)Nc2cc(O)c(N=CCCCCNC(=O)CCCCC3SCC4(C)NC(=O)NC34C)c(c2O)C[C@@H](C)C[C@H](OC)[C@H](O)[C@@H](C)C=C(C)[C@@H]1OC(N)=O. The van der Waals surface area contributed by atoms with Gasteiger partial charge in [0.2, 0.25) is 5.91 Å². The monoisotopic (exact) mass is 884 g/mol. The number of unbranched alkanes of at least 4 members (excludes halogenated alkanes) is 3. The van der Waals surface area contributed by atoms with Crippen LogP contribution in [0.5, 0.6) is 11.5 Å². The lowest BCUT2D eigenvalue weighted by atomic mass is 9.79. The zero-order valence-electron chi connectivity index (χ0n) is 37.4. The van der Waals surface area contributed by atoms with Crippen molar-refractivity contribution in [1.29, 1.82) is 0 Å². The highest BCUT2D eigenvalue weighted by molar-refractivity contribution is 8.00. The highest BCUT2D eigenvalue weighted by atomic mass is 32.2. The molecule has 2 saturated heterocycles. The fourth-order valence-corrected chi connectivity index (χ4v) is 10.3. The number of ether oxygens (including phenoxy) is 3. The molecular weight excluding hydrogens is 817 g/mol. The molecule has 17 heteroatoms. The summed E-state index contributed by atoms with van der Waals surface area (Å²) >= 11 is 1.87. The second-order valence-electron chi connectivity index (χ2n) is 17.3. The van der Waals surface area contributed by atoms with Crippen molar-refractivity contribution in [2.24, 2.45) is 22.6 Å². The van der Waals surface area contributed by atoms with E-state index in [0.717, 1.165) is 25.0 Å². The van der Waals surface area contributed by atoms with Crippen LogP contribution in [0.1, 0.15) is 98.5 Å². The molecule has 3 unspecified atom stereocenters. The quantitative estimate of drug-likeness (QED) is 0.0267. The maximum Gasteiger partial charge on any atom is 0.405 e. The summed E-state index contributed by atoms with van der Waals surface area (Å²) in [5.74, 6) is -0.841. The van der Waals surface area contributed by atoms with Crippen LogP contribution in [-0.2, 0) is 30.2 Å². The lowest BCUT2D eigenvalue weighted by Crippen LogP contribution is -2.58.